The fraction of sp³-hybridized carbons (Fsp3) is 0.500. The molecule has 0 aliphatic carbocycles. The summed E-state index contributed by atoms with van der Waals surface area (Å²) < 4.78 is 41.0. The van der Waals surface area contributed by atoms with E-state index in [0.29, 0.717) is 12.8 Å². The van der Waals surface area contributed by atoms with E-state index in [4.69, 9.17) is 0 Å². The highest BCUT2D eigenvalue weighted by atomic mass is 35.5. The van der Waals surface area contributed by atoms with E-state index in [1.807, 2.05) is 6.92 Å². The molecule has 23 heavy (non-hydrogen) atoms. The fourth-order valence-corrected chi connectivity index (χ4v) is 3.79. The largest absolute Gasteiger partial charge is 0.324 e. The van der Waals surface area contributed by atoms with Gasteiger partial charge >= 0.3 is 0 Å². The number of nitrogens with one attached hydrogen (secondary N) is 3. The van der Waals surface area contributed by atoms with Crippen molar-refractivity contribution in [3.63, 3.8) is 0 Å². The average molecular weight is 366 g/mol. The van der Waals surface area contributed by atoms with Gasteiger partial charge in [-0.25, -0.2) is 17.5 Å². The van der Waals surface area contributed by atoms with E-state index in [0.717, 1.165) is 18.7 Å². The monoisotopic (exact) mass is 365 g/mol. The number of piperidine rings is 1. The first kappa shape index (κ1) is 19.8. The lowest BCUT2D eigenvalue weighted by molar-refractivity contribution is -0.114. The number of hydrogen-bond donors (Lipinski definition) is 3. The van der Waals surface area contributed by atoms with E-state index < -0.39 is 21.7 Å². The van der Waals surface area contributed by atoms with Crippen molar-refractivity contribution in [2.24, 2.45) is 0 Å². The maximum Gasteiger partial charge on any atom is 0.240 e. The molecule has 1 heterocycles. The Kier molecular flexibility index (Phi) is 6.94. The van der Waals surface area contributed by atoms with Crippen LogP contribution in [0.2, 0.25) is 0 Å². The molecule has 2 rings (SSSR count). The standard InChI is InChI=1S/C14H20FN3O3S.ClH/c1-9-7-11(5-6-16-9)18-22(20,21)12-3-4-13(15)14(8-12)17-10(2)19;/h3-4,8-9,11,16,18H,5-7H2,1-2H3,(H,17,19);1H. The zero-order valence-electron chi connectivity index (χ0n) is 12.9. The molecule has 130 valence electrons. The van der Waals surface area contributed by atoms with Crippen LogP contribution in [0.15, 0.2) is 23.1 Å². The van der Waals surface area contributed by atoms with Gasteiger partial charge in [0.1, 0.15) is 5.82 Å². The summed E-state index contributed by atoms with van der Waals surface area (Å²) in [6.07, 6.45) is 1.39. The lowest BCUT2D eigenvalue weighted by atomic mass is 10.0. The molecule has 2 atom stereocenters. The SMILES string of the molecule is CC(=O)Nc1cc(S(=O)(=O)NC2CCNC(C)C2)ccc1F.Cl. The number of anilines is 1. The first-order valence-corrected chi connectivity index (χ1v) is 8.59. The number of sulfonamides is 1. The Morgan fingerprint density at radius 3 is 2.70 bits per heavy atom. The summed E-state index contributed by atoms with van der Waals surface area (Å²) in [5, 5.41) is 5.52. The summed E-state index contributed by atoms with van der Waals surface area (Å²) in [6.45, 7) is 3.97. The van der Waals surface area contributed by atoms with Crippen molar-refractivity contribution in [1.82, 2.24) is 10.0 Å². The molecule has 1 aliphatic rings. The normalized spacial score (nSPS) is 21.3. The van der Waals surface area contributed by atoms with Gasteiger partial charge in [-0.2, -0.15) is 0 Å². The zero-order chi connectivity index (χ0) is 16.3. The summed E-state index contributed by atoms with van der Waals surface area (Å²) in [4.78, 5) is 11.0. The molecule has 3 N–H and O–H groups in total. The number of amides is 1. The summed E-state index contributed by atoms with van der Waals surface area (Å²) in [5.74, 6) is -1.14. The minimum absolute atomic E-state index is 0. The van der Waals surface area contributed by atoms with Crippen molar-refractivity contribution < 1.29 is 17.6 Å². The molecular formula is C14H21ClFN3O3S. The van der Waals surface area contributed by atoms with E-state index >= 15 is 0 Å². The molecular weight excluding hydrogens is 345 g/mol. The maximum absolute atomic E-state index is 13.6. The quantitative estimate of drug-likeness (QED) is 0.756. The van der Waals surface area contributed by atoms with Crippen LogP contribution >= 0.6 is 12.4 Å². The molecule has 1 amide bonds. The second kappa shape index (κ2) is 8.05. The van der Waals surface area contributed by atoms with Crippen LogP contribution in [0.1, 0.15) is 26.7 Å². The van der Waals surface area contributed by atoms with Crippen LogP contribution in [0.25, 0.3) is 0 Å². The predicted octanol–water partition coefficient (Wildman–Crippen LogP) is 1.62. The Hall–Kier alpha value is -1.22. The fourth-order valence-electron chi connectivity index (χ4n) is 2.48. The van der Waals surface area contributed by atoms with Gasteiger partial charge in [0.25, 0.3) is 0 Å². The molecule has 1 aliphatic heterocycles. The van der Waals surface area contributed by atoms with Crippen LogP contribution in [0, 0.1) is 5.82 Å². The Balaban J connectivity index is 0.00000264. The molecule has 0 saturated carbocycles. The van der Waals surface area contributed by atoms with E-state index in [2.05, 4.69) is 15.4 Å². The molecule has 2 unspecified atom stereocenters. The van der Waals surface area contributed by atoms with E-state index in [1.54, 1.807) is 0 Å². The third-order valence-electron chi connectivity index (χ3n) is 3.50. The number of benzene rings is 1. The molecule has 0 spiro atoms. The highest BCUT2D eigenvalue weighted by Crippen LogP contribution is 2.21. The maximum atomic E-state index is 13.6. The van der Waals surface area contributed by atoms with Crippen molar-refractivity contribution in [3.05, 3.63) is 24.0 Å². The van der Waals surface area contributed by atoms with Gasteiger partial charge in [0.15, 0.2) is 0 Å². The van der Waals surface area contributed by atoms with E-state index in [-0.39, 0.29) is 35.1 Å². The van der Waals surface area contributed by atoms with Crippen LogP contribution in [0.5, 0.6) is 0 Å². The van der Waals surface area contributed by atoms with Crippen LogP contribution in [-0.2, 0) is 14.8 Å². The molecule has 1 fully saturated rings. The Morgan fingerprint density at radius 1 is 1.39 bits per heavy atom. The van der Waals surface area contributed by atoms with Crippen LogP contribution in [0.3, 0.4) is 0 Å². The average Bonchev–Trinajstić information content (AvgIpc) is 2.40. The van der Waals surface area contributed by atoms with E-state index in [9.17, 15) is 17.6 Å². The van der Waals surface area contributed by atoms with Crippen LogP contribution in [-0.4, -0.2) is 33.0 Å². The Labute approximate surface area is 141 Å². The van der Waals surface area contributed by atoms with Crippen molar-refractivity contribution >= 4 is 34.0 Å². The van der Waals surface area contributed by atoms with Gasteiger partial charge < -0.3 is 10.6 Å². The summed E-state index contributed by atoms with van der Waals surface area (Å²) in [6, 6.07) is 3.43. The second-order valence-electron chi connectivity index (χ2n) is 5.52. The summed E-state index contributed by atoms with van der Waals surface area (Å²) in [7, 11) is -3.75. The molecule has 6 nitrogen and oxygen atoms in total. The molecule has 0 bridgehead atoms. The third kappa shape index (κ3) is 5.42. The molecule has 1 aromatic rings. The first-order valence-electron chi connectivity index (χ1n) is 7.11. The van der Waals surface area contributed by atoms with Gasteiger partial charge in [0.2, 0.25) is 15.9 Å². The molecule has 0 aromatic heterocycles. The van der Waals surface area contributed by atoms with Crippen molar-refractivity contribution in [1.29, 1.82) is 0 Å². The Morgan fingerprint density at radius 2 is 2.09 bits per heavy atom. The van der Waals surface area contributed by atoms with Gasteiger partial charge in [-0.3, -0.25) is 4.79 Å². The summed E-state index contributed by atoms with van der Waals surface area (Å²) in [5.41, 5.74) is -0.144. The number of rotatable bonds is 4. The molecule has 1 saturated heterocycles. The van der Waals surface area contributed by atoms with Gasteiger partial charge in [0.05, 0.1) is 10.6 Å². The minimum Gasteiger partial charge on any atom is -0.324 e. The Bertz CT molecular complexity index is 669. The van der Waals surface area contributed by atoms with E-state index in [1.165, 1.54) is 13.0 Å². The predicted molar refractivity (Wildman–Crippen MR) is 88.8 cm³/mol. The number of hydrogen-bond acceptors (Lipinski definition) is 4. The third-order valence-corrected chi connectivity index (χ3v) is 5.02. The number of halogens is 2. The van der Waals surface area contributed by atoms with Crippen molar-refractivity contribution in [2.45, 2.75) is 43.7 Å². The molecule has 0 radical (unpaired) electrons. The molecule has 9 heteroatoms. The number of carbonyl (C=O) groups is 1. The first-order chi connectivity index (χ1) is 10.3. The highest BCUT2D eigenvalue weighted by molar-refractivity contribution is 7.89. The second-order valence-corrected chi connectivity index (χ2v) is 7.23. The minimum atomic E-state index is -3.75. The molecule has 1 aromatic carbocycles. The smallest absolute Gasteiger partial charge is 0.240 e. The van der Waals surface area contributed by atoms with Gasteiger partial charge in [-0.15, -0.1) is 12.4 Å². The van der Waals surface area contributed by atoms with Crippen molar-refractivity contribution in [2.75, 3.05) is 11.9 Å². The number of carbonyl (C=O) groups excluding carboxylic acids is 1. The van der Waals surface area contributed by atoms with Gasteiger partial charge in [0, 0.05) is 19.0 Å². The van der Waals surface area contributed by atoms with Gasteiger partial charge in [-0.1, -0.05) is 0 Å². The van der Waals surface area contributed by atoms with Crippen molar-refractivity contribution in [3.8, 4) is 0 Å². The topological polar surface area (TPSA) is 87.3 Å². The van der Waals surface area contributed by atoms with Crippen LogP contribution < -0.4 is 15.4 Å². The van der Waals surface area contributed by atoms with Crippen LogP contribution in [0.4, 0.5) is 10.1 Å². The lowest BCUT2D eigenvalue weighted by Gasteiger charge is -2.28. The lowest BCUT2D eigenvalue weighted by Crippen LogP contribution is -2.46. The van der Waals surface area contributed by atoms with Gasteiger partial charge in [-0.05, 0) is 44.5 Å². The summed E-state index contributed by atoms with van der Waals surface area (Å²) >= 11 is 0. The highest BCUT2D eigenvalue weighted by Gasteiger charge is 2.25. The zero-order valence-corrected chi connectivity index (χ0v) is 14.6.